The number of benzene rings is 1. The van der Waals surface area contributed by atoms with Crippen LogP contribution in [0, 0.1) is 0 Å². The van der Waals surface area contributed by atoms with Gasteiger partial charge >= 0.3 is 0 Å². The molecule has 1 aromatic carbocycles. The highest BCUT2D eigenvalue weighted by molar-refractivity contribution is 6.21. The maximum atomic E-state index is 6.57. The Labute approximate surface area is 112 Å². The predicted molar refractivity (Wildman–Crippen MR) is 69.6 cm³/mol. The number of ether oxygens (including phenoxy) is 3. The Hall–Kier alpha value is -0.930. The summed E-state index contributed by atoms with van der Waals surface area (Å²) in [6.07, 6.45) is 2.07. The molecule has 1 aromatic rings. The third-order valence-corrected chi connectivity index (χ3v) is 4.36. The molecule has 18 heavy (non-hydrogen) atoms. The van der Waals surface area contributed by atoms with Crippen molar-refractivity contribution in [3.63, 3.8) is 0 Å². The van der Waals surface area contributed by atoms with Gasteiger partial charge in [-0.05, 0) is 37.5 Å². The highest BCUT2D eigenvalue weighted by Gasteiger charge is 2.38. The van der Waals surface area contributed by atoms with Crippen molar-refractivity contribution in [2.45, 2.75) is 30.7 Å². The molecule has 0 amide bonds. The molecule has 4 heteroatoms. The molecule has 0 saturated carbocycles. The van der Waals surface area contributed by atoms with Gasteiger partial charge in [0.15, 0.2) is 11.5 Å². The molecule has 3 rings (SSSR count). The van der Waals surface area contributed by atoms with Crippen molar-refractivity contribution in [2.75, 3.05) is 19.8 Å². The van der Waals surface area contributed by atoms with Crippen LogP contribution in [0.5, 0.6) is 11.5 Å². The molecule has 1 fully saturated rings. The lowest BCUT2D eigenvalue weighted by Crippen LogP contribution is -2.29. The van der Waals surface area contributed by atoms with E-state index in [2.05, 4.69) is 6.92 Å². The van der Waals surface area contributed by atoms with Crippen molar-refractivity contribution in [3.8, 4) is 11.5 Å². The van der Waals surface area contributed by atoms with Crippen LogP contribution >= 0.6 is 11.6 Å². The molecule has 1 saturated heterocycles. The molecule has 2 aliphatic rings. The molecule has 2 atom stereocenters. The minimum atomic E-state index is -0.273. The van der Waals surface area contributed by atoms with Crippen molar-refractivity contribution in [2.24, 2.45) is 0 Å². The lowest BCUT2D eigenvalue weighted by Gasteiger charge is -2.30. The summed E-state index contributed by atoms with van der Waals surface area (Å²) < 4.78 is 16.9. The molecule has 2 aliphatic heterocycles. The van der Waals surface area contributed by atoms with Crippen LogP contribution in [-0.2, 0) is 4.74 Å². The van der Waals surface area contributed by atoms with Crippen molar-refractivity contribution in [3.05, 3.63) is 23.8 Å². The molecule has 98 valence electrons. The van der Waals surface area contributed by atoms with E-state index in [4.69, 9.17) is 25.8 Å². The van der Waals surface area contributed by atoms with E-state index in [9.17, 15) is 0 Å². The van der Waals surface area contributed by atoms with Crippen LogP contribution in [0.15, 0.2) is 18.2 Å². The van der Waals surface area contributed by atoms with Gasteiger partial charge in [-0.3, -0.25) is 0 Å². The first kappa shape index (κ1) is 12.1. The topological polar surface area (TPSA) is 27.7 Å². The van der Waals surface area contributed by atoms with Crippen LogP contribution in [0.3, 0.4) is 0 Å². The molecule has 0 N–H and O–H groups in total. The second kappa shape index (κ2) is 4.63. The normalized spacial score (nSPS) is 28.1. The number of alkyl halides is 1. The minimum absolute atomic E-state index is 0.157. The van der Waals surface area contributed by atoms with Gasteiger partial charge in [-0.15, -0.1) is 11.6 Å². The molecule has 3 nitrogen and oxygen atoms in total. The molecule has 0 radical (unpaired) electrons. The Bertz CT molecular complexity index is 441. The zero-order valence-electron chi connectivity index (χ0n) is 10.4. The predicted octanol–water partition coefficient (Wildman–Crippen LogP) is 3.31. The Balaban J connectivity index is 1.87. The zero-order chi connectivity index (χ0) is 12.6. The van der Waals surface area contributed by atoms with Crippen LogP contribution < -0.4 is 9.47 Å². The molecule has 2 unspecified atom stereocenters. The van der Waals surface area contributed by atoms with Gasteiger partial charge in [0, 0.05) is 6.61 Å². The standard InChI is InChI=1S/C14H17ClO3/c1-14(5-2-6-18-14)13(15)10-3-4-11-12(9-10)17-8-7-16-11/h3-4,9,13H,2,5-8H2,1H3. The van der Waals surface area contributed by atoms with E-state index >= 15 is 0 Å². The molecular weight excluding hydrogens is 252 g/mol. The number of rotatable bonds is 2. The zero-order valence-corrected chi connectivity index (χ0v) is 11.2. The average molecular weight is 269 g/mol. The summed E-state index contributed by atoms with van der Waals surface area (Å²) in [5, 5.41) is -0.157. The first-order valence-electron chi connectivity index (χ1n) is 6.37. The molecule has 0 spiro atoms. The maximum Gasteiger partial charge on any atom is 0.161 e. The summed E-state index contributed by atoms with van der Waals surface area (Å²) in [7, 11) is 0. The third-order valence-electron chi connectivity index (χ3n) is 3.64. The maximum absolute atomic E-state index is 6.57. The molecule has 0 aliphatic carbocycles. The largest absolute Gasteiger partial charge is 0.486 e. The van der Waals surface area contributed by atoms with Gasteiger partial charge in [0.1, 0.15) is 13.2 Å². The van der Waals surface area contributed by atoms with Gasteiger partial charge in [-0.25, -0.2) is 0 Å². The fourth-order valence-corrected chi connectivity index (χ4v) is 2.88. The average Bonchev–Trinajstić information content (AvgIpc) is 2.85. The summed E-state index contributed by atoms with van der Waals surface area (Å²) in [5.74, 6) is 1.58. The molecule has 0 aromatic heterocycles. The van der Waals surface area contributed by atoms with Crippen molar-refractivity contribution >= 4 is 11.6 Å². The monoisotopic (exact) mass is 268 g/mol. The Kier molecular flexibility index (Phi) is 3.12. The minimum Gasteiger partial charge on any atom is -0.486 e. The Morgan fingerprint density at radius 3 is 2.67 bits per heavy atom. The molecular formula is C14H17ClO3. The van der Waals surface area contributed by atoms with Gasteiger partial charge in [0.2, 0.25) is 0 Å². The van der Waals surface area contributed by atoms with E-state index in [0.717, 1.165) is 36.5 Å². The van der Waals surface area contributed by atoms with E-state index in [0.29, 0.717) is 13.2 Å². The Morgan fingerprint density at radius 1 is 1.17 bits per heavy atom. The van der Waals surface area contributed by atoms with Gasteiger partial charge in [-0.1, -0.05) is 6.07 Å². The van der Waals surface area contributed by atoms with Crippen molar-refractivity contribution in [1.82, 2.24) is 0 Å². The SMILES string of the molecule is CC1(C(Cl)c2ccc3c(c2)OCCO3)CCCO1. The first-order valence-corrected chi connectivity index (χ1v) is 6.80. The van der Waals surface area contributed by atoms with Crippen molar-refractivity contribution < 1.29 is 14.2 Å². The molecule has 2 heterocycles. The number of fused-ring (bicyclic) bond motifs is 1. The van der Waals surface area contributed by atoms with Crippen LogP contribution in [-0.4, -0.2) is 25.4 Å². The molecule has 0 bridgehead atoms. The summed E-state index contributed by atoms with van der Waals surface area (Å²) in [6.45, 7) is 4.08. The summed E-state index contributed by atoms with van der Waals surface area (Å²) in [5.41, 5.74) is 0.760. The third kappa shape index (κ3) is 2.06. The summed E-state index contributed by atoms with van der Waals surface area (Å²) in [6, 6.07) is 5.90. The number of hydrogen-bond acceptors (Lipinski definition) is 3. The van der Waals surface area contributed by atoms with Gasteiger partial charge < -0.3 is 14.2 Å². The van der Waals surface area contributed by atoms with E-state index in [-0.39, 0.29) is 11.0 Å². The lowest BCUT2D eigenvalue weighted by molar-refractivity contribution is 0.0163. The highest BCUT2D eigenvalue weighted by atomic mass is 35.5. The Morgan fingerprint density at radius 2 is 1.94 bits per heavy atom. The van der Waals surface area contributed by atoms with Crippen LogP contribution in [0.4, 0.5) is 0 Å². The van der Waals surface area contributed by atoms with Crippen molar-refractivity contribution in [1.29, 1.82) is 0 Å². The van der Waals surface area contributed by atoms with E-state index in [1.54, 1.807) is 0 Å². The van der Waals surface area contributed by atoms with Gasteiger partial charge in [0.05, 0.1) is 11.0 Å². The highest BCUT2D eigenvalue weighted by Crippen LogP contribution is 2.44. The van der Waals surface area contributed by atoms with E-state index in [1.165, 1.54) is 0 Å². The van der Waals surface area contributed by atoms with Gasteiger partial charge in [0.25, 0.3) is 0 Å². The van der Waals surface area contributed by atoms with E-state index in [1.807, 2.05) is 18.2 Å². The van der Waals surface area contributed by atoms with Gasteiger partial charge in [-0.2, -0.15) is 0 Å². The fourth-order valence-electron chi connectivity index (χ4n) is 2.57. The second-order valence-electron chi connectivity index (χ2n) is 5.03. The van der Waals surface area contributed by atoms with Crippen LogP contribution in [0.2, 0.25) is 0 Å². The second-order valence-corrected chi connectivity index (χ2v) is 5.47. The van der Waals surface area contributed by atoms with Crippen LogP contribution in [0.25, 0.3) is 0 Å². The number of halogens is 1. The van der Waals surface area contributed by atoms with Crippen LogP contribution in [0.1, 0.15) is 30.7 Å². The lowest BCUT2D eigenvalue weighted by atomic mass is 9.93. The quantitative estimate of drug-likeness (QED) is 0.770. The summed E-state index contributed by atoms with van der Waals surface area (Å²) in [4.78, 5) is 0. The summed E-state index contributed by atoms with van der Waals surface area (Å²) >= 11 is 6.57. The van der Waals surface area contributed by atoms with E-state index < -0.39 is 0 Å². The number of hydrogen-bond donors (Lipinski definition) is 0. The first-order chi connectivity index (χ1) is 8.69. The fraction of sp³-hybridized carbons (Fsp3) is 0.571. The smallest absolute Gasteiger partial charge is 0.161 e.